The minimum Gasteiger partial charge on any atom is -0.445 e. The van der Waals surface area contributed by atoms with Crippen molar-refractivity contribution in [3.63, 3.8) is 0 Å². The lowest BCUT2D eigenvalue weighted by molar-refractivity contribution is -0.118. The van der Waals surface area contributed by atoms with Gasteiger partial charge in [0, 0.05) is 51.0 Å². The zero-order valence-electron chi connectivity index (χ0n) is 16.1. The van der Waals surface area contributed by atoms with Crippen LogP contribution in [0.1, 0.15) is 17.5 Å². The van der Waals surface area contributed by atoms with Gasteiger partial charge in [-0.2, -0.15) is 0 Å². The van der Waals surface area contributed by atoms with E-state index < -0.39 is 0 Å². The second-order valence-electron chi connectivity index (χ2n) is 7.28. The molecule has 0 N–H and O–H groups in total. The van der Waals surface area contributed by atoms with Crippen LogP contribution in [0.15, 0.2) is 48.5 Å². The van der Waals surface area contributed by atoms with Gasteiger partial charge in [-0.1, -0.05) is 30.3 Å². The monoisotopic (exact) mass is 379 g/mol. The Kier molecular flexibility index (Phi) is 5.19. The number of anilines is 2. The second-order valence-corrected chi connectivity index (χ2v) is 7.28. The summed E-state index contributed by atoms with van der Waals surface area (Å²) in [5.41, 5.74) is 4.36. The van der Waals surface area contributed by atoms with Gasteiger partial charge in [-0.25, -0.2) is 4.79 Å². The van der Waals surface area contributed by atoms with E-state index in [2.05, 4.69) is 17.0 Å². The normalized spacial score (nSPS) is 16.8. The quantitative estimate of drug-likeness (QED) is 0.823. The van der Waals surface area contributed by atoms with Crippen LogP contribution in [0.4, 0.5) is 16.2 Å². The molecule has 1 saturated heterocycles. The molecule has 2 aromatic carbocycles. The Hall–Kier alpha value is -3.02. The first kappa shape index (κ1) is 18.3. The molecule has 0 bridgehead atoms. The van der Waals surface area contributed by atoms with Gasteiger partial charge in [0.2, 0.25) is 5.91 Å². The van der Waals surface area contributed by atoms with Crippen LogP contribution in [-0.4, -0.2) is 50.1 Å². The first-order valence-corrected chi connectivity index (χ1v) is 9.72. The Balaban J connectivity index is 1.33. The number of aryl methyl sites for hydroxylation is 1. The number of ether oxygens (including phenoxy) is 1. The number of carbonyl (C=O) groups is 2. The van der Waals surface area contributed by atoms with Crippen LogP contribution in [0.2, 0.25) is 0 Å². The minimum atomic E-state index is -0.255. The van der Waals surface area contributed by atoms with Crippen molar-refractivity contribution in [3.8, 4) is 0 Å². The predicted molar refractivity (Wildman–Crippen MR) is 109 cm³/mol. The number of nitrogens with zero attached hydrogens (tertiary/aromatic N) is 3. The molecule has 2 aromatic rings. The summed E-state index contributed by atoms with van der Waals surface area (Å²) in [5.74, 6) is 0.169. The van der Waals surface area contributed by atoms with Crippen molar-refractivity contribution in [2.24, 2.45) is 0 Å². The molecule has 146 valence electrons. The molecule has 0 aliphatic carbocycles. The molecular weight excluding hydrogens is 354 g/mol. The molecule has 0 radical (unpaired) electrons. The van der Waals surface area contributed by atoms with Gasteiger partial charge in [-0.3, -0.25) is 4.79 Å². The molecule has 2 amide bonds. The van der Waals surface area contributed by atoms with Crippen LogP contribution in [0.3, 0.4) is 0 Å². The maximum atomic E-state index is 12.3. The average molecular weight is 379 g/mol. The van der Waals surface area contributed by atoms with Crippen molar-refractivity contribution in [1.29, 1.82) is 0 Å². The largest absolute Gasteiger partial charge is 0.445 e. The number of benzene rings is 2. The van der Waals surface area contributed by atoms with Crippen LogP contribution in [0.25, 0.3) is 0 Å². The number of piperazine rings is 1. The highest BCUT2D eigenvalue weighted by Crippen LogP contribution is 2.31. The number of hydrogen-bond acceptors (Lipinski definition) is 4. The highest BCUT2D eigenvalue weighted by molar-refractivity contribution is 5.96. The molecule has 0 aromatic heterocycles. The number of fused-ring (bicyclic) bond motifs is 1. The fourth-order valence-electron chi connectivity index (χ4n) is 3.80. The molecule has 0 unspecified atom stereocenters. The molecule has 0 atom stereocenters. The molecular formula is C22H25N3O3. The van der Waals surface area contributed by atoms with Crippen molar-refractivity contribution in [1.82, 2.24) is 4.90 Å². The Labute approximate surface area is 165 Å². The van der Waals surface area contributed by atoms with Crippen molar-refractivity contribution in [2.45, 2.75) is 19.4 Å². The van der Waals surface area contributed by atoms with E-state index in [0.29, 0.717) is 26.1 Å². The summed E-state index contributed by atoms with van der Waals surface area (Å²) in [4.78, 5) is 30.0. The maximum Gasteiger partial charge on any atom is 0.410 e. The zero-order chi connectivity index (χ0) is 19.5. The molecule has 4 rings (SSSR count). The van der Waals surface area contributed by atoms with Crippen LogP contribution >= 0.6 is 0 Å². The van der Waals surface area contributed by atoms with Crippen LogP contribution in [-0.2, 0) is 22.6 Å². The van der Waals surface area contributed by atoms with E-state index in [9.17, 15) is 9.59 Å². The highest BCUT2D eigenvalue weighted by Gasteiger charge is 2.25. The summed E-state index contributed by atoms with van der Waals surface area (Å²) in [5, 5.41) is 0. The Bertz CT molecular complexity index is 861. The second kappa shape index (κ2) is 7.92. The van der Waals surface area contributed by atoms with Gasteiger partial charge in [-0.15, -0.1) is 0 Å². The lowest BCUT2D eigenvalue weighted by Gasteiger charge is -2.36. The molecule has 0 saturated carbocycles. The zero-order valence-corrected chi connectivity index (χ0v) is 16.1. The highest BCUT2D eigenvalue weighted by atomic mass is 16.6. The van der Waals surface area contributed by atoms with Crippen molar-refractivity contribution < 1.29 is 14.3 Å². The molecule has 28 heavy (non-hydrogen) atoms. The predicted octanol–water partition coefficient (Wildman–Crippen LogP) is 3.05. The third-order valence-corrected chi connectivity index (χ3v) is 5.51. The van der Waals surface area contributed by atoms with Crippen molar-refractivity contribution >= 4 is 23.4 Å². The van der Waals surface area contributed by atoms with E-state index in [1.165, 1.54) is 5.56 Å². The molecule has 2 heterocycles. The smallest absolute Gasteiger partial charge is 0.410 e. The Morgan fingerprint density at radius 1 is 1.00 bits per heavy atom. The fraction of sp³-hybridized carbons (Fsp3) is 0.364. The van der Waals surface area contributed by atoms with Gasteiger partial charge < -0.3 is 19.4 Å². The first-order chi connectivity index (χ1) is 13.6. The number of carbonyl (C=O) groups excluding carboxylic acids is 2. The van der Waals surface area contributed by atoms with Gasteiger partial charge in [-0.05, 0) is 35.7 Å². The van der Waals surface area contributed by atoms with E-state index in [0.717, 1.165) is 36.4 Å². The summed E-state index contributed by atoms with van der Waals surface area (Å²) in [6, 6.07) is 16.0. The fourth-order valence-corrected chi connectivity index (χ4v) is 3.80. The van der Waals surface area contributed by atoms with Gasteiger partial charge in [0.1, 0.15) is 6.61 Å². The molecule has 2 aliphatic heterocycles. The summed E-state index contributed by atoms with van der Waals surface area (Å²) in [7, 11) is 1.83. The van der Waals surface area contributed by atoms with Gasteiger partial charge in [0.15, 0.2) is 0 Å². The lowest BCUT2D eigenvalue weighted by atomic mass is 10.0. The summed E-state index contributed by atoms with van der Waals surface area (Å²) in [6.07, 6.45) is 1.10. The van der Waals surface area contributed by atoms with E-state index in [1.54, 1.807) is 9.80 Å². The topological polar surface area (TPSA) is 53.1 Å². The number of rotatable bonds is 3. The number of amides is 2. The number of hydrogen-bond donors (Lipinski definition) is 0. The van der Waals surface area contributed by atoms with E-state index in [-0.39, 0.29) is 12.0 Å². The van der Waals surface area contributed by atoms with Crippen molar-refractivity contribution in [2.75, 3.05) is 43.0 Å². The lowest BCUT2D eigenvalue weighted by Crippen LogP contribution is -2.49. The SMILES string of the molecule is CN1C(=O)CCc2cc(N3CCN(C(=O)OCc4ccccc4)CC3)ccc21. The molecule has 6 heteroatoms. The first-order valence-electron chi connectivity index (χ1n) is 9.72. The average Bonchev–Trinajstić information content (AvgIpc) is 2.75. The summed E-state index contributed by atoms with van der Waals surface area (Å²) < 4.78 is 5.44. The minimum absolute atomic E-state index is 0.169. The Morgan fingerprint density at radius 3 is 2.50 bits per heavy atom. The maximum absolute atomic E-state index is 12.3. The van der Waals surface area contributed by atoms with E-state index in [1.807, 2.05) is 43.4 Å². The Morgan fingerprint density at radius 2 is 1.75 bits per heavy atom. The van der Waals surface area contributed by atoms with Gasteiger partial charge in [0.05, 0.1) is 0 Å². The standard InChI is InChI=1S/C22H25N3O3/c1-23-20-9-8-19(15-18(20)7-10-21(23)26)24-11-13-25(14-12-24)22(27)28-16-17-5-3-2-4-6-17/h2-6,8-9,15H,7,10-14,16H2,1H3. The molecule has 1 fully saturated rings. The summed E-state index contributed by atoms with van der Waals surface area (Å²) >= 11 is 0. The van der Waals surface area contributed by atoms with E-state index in [4.69, 9.17) is 4.74 Å². The third-order valence-electron chi connectivity index (χ3n) is 5.51. The summed E-state index contributed by atoms with van der Waals surface area (Å²) in [6.45, 7) is 3.13. The van der Waals surface area contributed by atoms with Crippen LogP contribution in [0, 0.1) is 0 Å². The van der Waals surface area contributed by atoms with E-state index >= 15 is 0 Å². The molecule has 2 aliphatic rings. The molecule has 0 spiro atoms. The van der Waals surface area contributed by atoms with Gasteiger partial charge >= 0.3 is 6.09 Å². The van der Waals surface area contributed by atoms with Crippen molar-refractivity contribution in [3.05, 3.63) is 59.7 Å². The van der Waals surface area contributed by atoms with Crippen LogP contribution in [0.5, 0.6) is 0 Å². The molecule has 6 nitrogen and oxygen atoms in total. The van der Waals surface area contributed by atoms with Crippen LogP contribution < -0.4 is 9.80 Å². The van der Waals surface area contributed by atoms with Gasteiger partial charge in [0.25, 0.3) is 0 Å². The third kappa shape index (κ3) is 3.81.